The number of aromatic nitrogens is 2. The molecule has 0 unspecified atom stereocenters. The first-order valence-electron chi connectivity index (χ1n) is 7.84. The number of nitrogens with one attached hydrogen (secondary N) is 2. The number of carbonyl (C=O) groups excluding carboxylic acids is 1. The summed E-state index contributed by atoms with van der Waals surface area (Å²) in [6.07, 6.45) is 4.41. The van der Waals surface area contributed by atoms with Crippen LogP contribution in [0.15, 0.2) is 12.5 Å². The quantitative estimate of drug-likeness (QED) is 0.812. The summed E-state index contributed by atoms with van der Waals surface area (Å²) in [5.74, 6) is 0. The molecule has 22 heavy (non-hydrogen) atoms. The number of imidazole rings is 1. The van der Waals surface area contributed by atoms with Crippen LogP contribution in [0.4, 0.5) is 4.79 Å². The molecule has 0 aromatic carbocycles. The van der Waals surface area contributed by atoms with Crippen molar-refractivity contribution in [3.8, 4) is 0 Å². The first-order chi connectivity index (χ1) is 10.1. The van der Waals surface area contributed by atoms with Gasteiger partial charge in [-0.15, -0.1) is 0 Å². The molecule has 1 aromatic heterocycles. The van der Waals surface area contributed by atoms with Gasteiger partial charge in [0, 0.05) is 31.4 Å². The highest BCUT2D eigenvalue weighted by Crippen LogP contribution is 2.08. The summed E-state index contributed by atoms with van der Waals surface area (Å²) in [7, 11) is 0. The molecule has 2 N–H and O–H groups in total. The maximum Gasteiger partial charge on any atom is 0.407 e. The molecule has 0 aliphatic rings. The number of ether oxygens (including phenoxy) is 1. The van der Waals surface area contributed by atoms with Crippen LogP contribution in [0.3, 0.4) is 0 Å². The molecule has 0 radical (unpaired) electrons. The van der Waals surface area contributed by atoms with Gasteiger partial charge in [0.2, 0.25) is 0 Å². The highest BCUT2D eigenvalue weighted by Gasteiger charge is 2.21. The van der Waals surface area contributed by atoms with E-state index in [2.05, 4.69) is 27.1 Å². The van der Waals surface area contributed by atoms with Crippen molar-refractivity contribution in [2.24, 2.45) is 0 Å². The van der Waals surface area contributed by atoms with Gasteiger partial charge in [0.25, 0.3) is 0 Å². The van der Waals surface area contributed by atoms with Crippen LogP contribution in [0.2, 0.25) is 0 Å². The minimum absolute atomic E-state index is 0.238. The Bertz CT molecular complexity index is 475. The fraction of sp³-hybridized carbons (Fsp3) is 0.750. The molecule has 0 saturated carbocycles. The van der Waals surface area contributed by atoms with Crippen molar-refractivity contribution in [1.29, 1.82) is 0 Å². The van der Waals surface area contributed by atoms with Crippen LogP contribution in [0.25, 0.3) is 0 Å². The Morgan fingerprint density at radius 2 is 2.00 bits per heavy atom. The Morgan fingerprint density at radius 1 is 1.32 bits per heavy atom. The summed E-state index contributed by atoms with van der Waals surface area (Å²) in [6.45, 7) is 14.0. The smallest absolute Gasteiger partial charge is 0.407 e. The lowest BCUT2D eigenvalue weighted by Gasteiger charge is -2.28. The molecule has 1 rings (SSSR count). The number of hydrogen-bond acceptors (Lipinski definition) is 4. The molecule has 0 aliphatic heterocycles. The van der Waals surface area contributed by atoms with Gasteiger partial charge in [-0.1, -0.05) is 6.92 Å². The number of nitrogens with zero attached hydrogens (tertiary/aromatic N) is 2. The molecular weight excluding hydrogens is 280 g/mol. The van der Waals surface area contributed by atoms with Gasteiger partial charge < -0.3 is 19.9 Å². The van der Waals surface area contributed by atoms with E-state index in [4.69, 9.17) is 4.74 Å². The monoisotopic (exact) mass is 310 g/mol. The van der Waals surface area contributed by atoms with E-state index in [-0.39, 0.29) is 5.54 Å². The highest BCUT2D eigenvalue weighted by atomic mass is 16.6. The second-order valence-corrected chi connectivity index (χ2v) is 7.17. The zero-order chi connectivity index (χ0) is 16.8. The lowest BCUT2D eigenvalue weighted by Crippen LogP contribution is -2.49. The Kier molecular flexibility index (Phi) is 6.41. The standard InChI is InChI=1S/C16H30N4O2/c1-7-8-20-12-17-9-13(20)10-19-16(5,6)11-18-14(21)22-15(2,3)4/h9,12,19H,7-8,10-11H2,1-6H3,(H,18,21). The Morgan fingerprint density at radius 3 is 2.59 bits per heavy atom. The van der Waals surface area contributed by atoms with E-state index < -0.39 is 11.7 Å². The van der Waals surface area contributed by atoms with Crippen molar-refractivity contribution in [1.82, 2.24) is 20.2 Å². The molecule has 0 bridgehead atoms. The van der Waals surface area contributed by atoms with Crippen LogP contribution in [-0.2, 0) is 17.8 Å². The third kappa shape index (κ3) is 6.93. The van der Waals surface area contributed by atoms with E-state index in [0.717, 1.165) is 18.7 Å². The van der Waals surface area contributed by atoms with Gasteiger partial charge in [-0.2, -0.15) is 0 Å². The molecular formula is C16H30N4O2. The predicted octanol–water partition coefficient (Wildman–Crippen LogP) is 2.69. The van der Waals surface area contributed by atoms with E-state index in [9.17, 15) is 4.79 Å². The first-order valence-corrected chi connectivity index (χ1v) is 7.84. The largest absolute Gasteiger partial charge is 0.444 e. The van der Waals surface area contributed by atoms with E-state index >= 15 is 0 Å². The van der Waals surface area contributed by atoms with Crippen molar-refractivity contribution >= 4 is 6.09 Å². The Labute approximate surface area is 133 Å². The first kappa shape index (κ1) is 18.5. The number of hydrogen-bond donors (Lipinski definition) is 2. The summed E-state index contributed by atoms with van der Waals surface area (Å²) >= 11 is 0. The SMILES string of the molecule is CCCn1cncc1CNC(C)(C)CNC(=O)OC(C)(C)C. The van der Waals surface area contributed by atoms with Gasteiger partial charge in [-0.25, -0.2) is 9.78 Å². The molecule has 0 atom stereocenters. The molecule has 1 amide bonds. The van der Waals surface area contributed by atoms with Crippen LogP contribution >= 0.6 is 0 Å². The van der Waals surface area contributed by atoms with Crippen LogP contribution in [-0.4, -0.2) is 33.3 Å². The molecule has 126 valence electrons. The predicted molar refractivity (Wildman–Crippen MR) is 87.7 cm³/mol. The zero-order valence-electron chi connectivity index (χ0n) is 14.7. The van der Waals surface area contributed by atoms with E-state index in [0.29, 0.717) is 13.1 Å². The summed E-state index contributed by atoms with van der Waals surface area (Å²) in [4.78, 5) is 15.9. The number of aryl methyl sites for hydroxylation is 1. The Balaban J connectivity index is 2.43. The lowest BCUT2D eigenvalue weighted by atomic mass is 10.1. The third-order valence-electron chi connectivity index (χ3n) is 3.08. The summed E-state index contributed by atoms with van der Waals surface area (Å²) in [6, 6.07) is 0. The van der Waals surface area contributed by atoms with E-state index in [1.165, 1.54) is 0 Å². The Hall–Kier alpha value is -1.56. The molecule has 0 spiro atoms. The van der Waals surface area contributed by atoms with E-state index in [1.54, 1.807) is 0 Å². The van der Waals surface area contributed by atoms with E-state index in [1.807, 2.05) is 47.1 Å². The van der Waals surface area contributed by atoms with Gasteiger partial charge in [-0.05, 0) is 41.0 Å². The molecule has 0 aliphatic carbocycles. The van der Waals surface area contributed by atoms with Crippen molar-refractivity contribution in [3.05, 3.63) is 18.2 Å². The highest BCUT2D eigenvalue weighted by molar-refractivity contribution is 5.67. The average molecular weight is 310 g/mol. The van der Waals surface area contributed by atoms with Crippen LogP contribution in [0, 0.1) is 0 Å². The second kappa shape index (κ2) is 7.63. The molecule has 6 heteroatoms. The summed E-state index contributed by atoms with van der Waals surface area (Å²) in [5, 5.41) is 6.25. The fourth-order valence-corrected chi connectivity index (χ4v) is 1.94. The molecule has 1 aromatic rings. The maximum absolute atomic E-state index is 11.7. The minimum Gasteiger partial charge on any atom is -0.444 e. The molecule has 1 heterocycles. The topological polar surface area (TPSA) is 68.2 Å². The average Bonchev–Trinajstić information content (AvgIpc) is 2.80. The van der Waals surface area contributed by atoms with Crippen LogP contribution in [0.5, 0.6) is 0 Å². The molecule has 0 saturated heterocycles. The van der Waals surface area contributed by atoms with Gasteiger partial charge in [-0.3, -0.25) is 0 Å². The second-order valence-electron chi connectivity index (χ2n) is 7.17. The fourth-order valence-electron chi connectivity index (χ4n) is 1.94. The lowest BCUT2D eigenvalue weighted by molar-refractivity contribution is 0.0513. The molecule has 0 fully saturated rings. The van der Waals surface area contributed by atoms with Gasteiger partial charge in [0.15, 0.2) is 0 Å². The van der Waals surface area contributed by atoms with Gasteiger partial charge in [0.1, 0.15) is 5.60 Å². The van der Waals surface area contributed by atoms with Crippen LogP contribution < -0.4 is 10.6 Å². The van der Waals surface area contributed by atoms with Crippen molar-refractivity contribution in [2.75, 3.05) is 6.54 Å². The number of rotatable bonds is 7. The van der Waals surface area contributed by atoms with Crippen LogP contribution in [0.1, 0.15) is 53.7 Å². The number of alkyl carbamates (subject to hydrolysis) is 1. The number of carbonyl (C=O) groups is 1. The molecule has 6 nitrogen and oxygen atoms in total. The van der Waals surface area contributed by atoms with Crippen molar-refractivity contribution < 1.29 is 9.53 Å². The summed E-state index contributed by atoms with van der Waals surface area (Å²) in [5.41, 5.74) is 0.430. The van der Waals surface area contributed by atoms with Crippen molar-refractivity contribution in [2.45, 2.75) is 72.2 Å². The van der Waals surface area contributed by atoms with Crippen molar-refractivity contribution in [3.63, 3.8) is 0 Å². The van der Waals surface area contributed by atoms with Gasteiger partial charge >= 0.3 is 6.09 Å². The minimum atomic E-state index is -0.478. The third-order valence-corrected chi connectivity index (χ3v) is 3.08. The summed E-state index contributed by atoms with van der Waals surface area (Å²) < 4.78 is 7.39. The van der Waals surface area contributed by atoms with Gasteiger partial charge in [0.05, 0.1) is 12.0 Å². The number of amides is 1. The maximum atomic E-state index is 11.7. The normalized spacial score (nSPS) is 12.3. The zero-order valence-corrected chi connectivity index (χ0v) is 14.7.